The Morgan fingerprint density at radius 1 is 1.16 bits per heavy atom. The van der Waals surface area contributed by atoms with Gasteiger partial charge in [-0.15, -0.1) is 0 Å². The standard InChI is InChI=1S/C24H32N6O6S/c25-15(12-37)23(34)30-9-3-6-19(30)22(33)28-17(7-8-20(26)31)21(32)29-18(24(35)36)10-13-11-27-16-5-2-1-4-14(13)16/h1-2,4-5,11,15,17-19,27,37H,3,6-10,12,25H2,(H2,26,31)(H,28,33)(H,29,32)(H,35,36). The van der Waals surface area contributed by atoms with Gasteiger partial charge in [0.25, 0.3) is 0 Å². The summed E-state index contributed by atoms with van der Waals surface area (Å²) in [4.78, 5) is 66.5. The summed E-state index contributed by atoms with van der Waals surface area (Å²) in [6.45, 7) is 0.336. The number of carbonyl (C=O) groups is 5. The highest BCUT2D eigenvalue weighted by atomic mass is 32.1. The van der Waals surface area contributed by atoms with Crippen molar-refractivity contribution in [1.82, 2.24) is 20.5 Å². The topological polar surface area (TPSA) is 201 Å². The molecule has 0 aliphatic carbocycles. The zero-order chi connectivity index (χ0) is 27.1. The first kappa shape index (κ1) is 28.0. The van der Waals surface area contributed by atoms with E-state index in [-0.39, 0.29) is 25.0 Å². The lowest BCUT2D eigenvalue weighted by atomic mass is 10.0. The zero-order valence-corrected chi connectivity index (χ0v) is 21.1. The molecule has 1 aliphatic rings. The summed E-state index contributed by atoms with van der Waals surface area (Å²) in [5, 5.41) is 15.6. The molecule has 0 radical (unpaired) electrons. The maximum Gasteiger partial charge on any atom is 0.326 e. The Hall–Kier alpha value is -3.58. The molecule has 200 valence electrons. The number of thiol groups is 1. The largest absolute Gasteiger partial charge is 0.480 e. The van der Waals surface area contributed by atoms with Crippen LogP contribution in [0.5, 0.6) is 0 Å². The number of para-hydroxylation sites is 1. The highest BCUT2D eigenvalue weighted by molar-refractivity contribution is 7.80. The molecule has 2 aromatic rings. The van der Waals surface area contributed by atoms with Crippen LogP contribution in [0.1, 0.15) is 31.2 Å². The molecule has 8 N–H and O–H groups in total. The minimum Gasteiger partial charge on any atom is -0.480 e. The van der Waals surface area contributed by atoms with Crippen molar-refractivity contribution in [2.45, 2.75) is 56.3 Å². The van der Waals surface area contributed by atoms with Gasteiger partial charge < -0.3 is 37.1 Å². The Morgan fingerprint density at radius 3 is 2.57 bits per heavy atom. The number of nitrogens with two attached hydrogens (primary N) is 2. The second kappa shape index (κ2) is 12.6. The Balaban J connectivity index is 1.73. The number of nitrogens with one attached hydrogen (secondary N) is 3. The van der Waals surface area contributed by atoms with Gasteiger partial charge in [-0.1, -0.05) is 18.2 Å². The summed E-state index contributed by atoms with van der Waals surface area (Å²) < 4.78 is 0. The Kier molecular flexibility index (Phi) is 9.53. The van der Waals surface area contributed by atoms with Crippen molar-refractivity contribution in [1.29, 1.82) is 0 Å². The molecule has 3 rings (SSSR count). The lowest BCUT2D eigenvalue weighted by Gasteiger charge is -2.28. The first-order valence-electron chi connectivity index (χ1n) is 12.0. The van der Waals surface area contributed by atoms with Crippen LogP contribution in [0.4, 0.5) is 0 Å². The lowest BCUT2D eigenvalue weighted by Crippen LogP contribution is -2.57. The third-order valence-electron chi connectivity index (χ3n) is 6.38. The Labute approximate surface area is 218 Å². The molecule has 1 aromatic carbocycles. The SMILES string of the molecule is NC(=O)CCC(NC(=O)C1CCCN1C(=O)C(N)CS)C(=O)NC(Cc1c[nH]c2ccccc12)C(=O)O. The molecule has 13 heteroatoms. The molecule has 0 spiro atoms. The quantitative estimate of drug-likeness (QED) is 0.175. The number of aromatic nitrogens is 1. The summed E-state index contributed by atoms with van der Waals surface area (Å²) in [5.41, 5.74) is 12.6. The molecule has 1 saturated heterocycles. The molecular weight excluding hydrogens is 500 g/mol. The Morgan fingerprint density at radius 2 is 1.89 bits per heavy atom. The number of carbonyl (C=O) groups excluding carboxylic acids is 4. The van der Waals surface area contributed by atoms with Crippen LogP contribution in [0, 0.1) is 0 Å². The predicted octanol–water partition coefficient (Wildman–Crippen LogP) is -0.722. The molecule has 0 bridgehead atoms. The molecule has 4 amide bonds. The number of likely N-dealkylation sites (tertiary alicyclic amines) is 1. The minimum absolute atomic E-state index is 0.00586. The lowest BCUT2D eigenvalue weighted by molar-refractivity contribution is -0.143. The molecule has 4 unspecified atom stereocenters. The van der Waals surface area contributed by atoms with Gasteiger partial charge in [0.05, 0.1) is 6.04 Å². The van der Waals surface area contributed by atoms with Crippen LogP contribution in [0.3, 0.4) is 0 Å². The van der Waals surface area contributed by atoms with Crippen molar-refractivity contribution in [3.63, 3.8) is 0 Å². The van der Waals surface area contributed by atoms with E-state index in [4.69, 9.17) is 11.5 Å². The van der Waals surface area contributed by atoms with Crippen molar-refractivity contribution in [3.05, 3.63) is 36.0 Å². The van der Waals surface area contributed by atoms with Crippen LogP contribution < -0.4 is 22.1 Å². The number of nitrogens with zero attached hydrogens (tertiary/aromatic N) is 1. The second-order valence-corrected chi connectivity index (χ2v) is 9.37. The number of aliphatic carboxylic acids is 1. The summed E-state index contributed by atoms with van der Waals surface area (Å²) >= 11 is 4.04. The van der Waals surface area contributed by atoms with Gasteiger partial charge in [-0.2, -0.15) is 12.6 Å². The molecule has 1 fully saturated rings. The van der Waals surface area contributed by atoms with Crippen molar-refractivity contribution in [2.24, 2.45) is 11.5 Å². The van der Waals surface area contributed by atoms with Crippen LogP contribution in [0.2, 0.25) is 0 Å². The van der Waals surface area contributed by atoms with Gasteiger partial charge in [0.2, 0.25) is 23.6 Å². The molecule has 1 aliphatic heterocycles. The van der Waals surface area contributed by atoms with E-state index in [0.717, 1.165) is 10.9 Å². The highest BCUT2D eigenvalue weighted by Gasteiger charge is 2.37. The number of amides is 4. The van der Waals surface area contributed by atoms with E-state index in [1.165, 1.54) is 4.90 Å². The number of H-pyrrole nitrogens is 1. The third-order valence-corrected chi connectivity index (χ3v) is 6.77. The first-order chi connectivity index (χ1) is 17.6. The molecule has 37 heavy (non-hydrogen) atoms. The summed E-state index contributed by atoms with van der Waals surface area (Å²) in [7, 11) is 0. The Bertz CT molecular complexity index is 1170. The van der Waals surface area contributed by atoms with E-state index >= 15 is 0 Å². The molecule has 4 atom stereocenters. The number of fused-ring (bicyclic) bond motifs is 1. The monoisotopic (exact) mass is 532 g/mol. The molecule has 2 heterocycles. The van der Waals surface area contributed by atoms with Crippen molar-refractivity contribution in [3.8, 4) is 0 Å². The van der Waals surface area contributed by atoms with Gasteiger partial charge in [0, 0.05) is 42.2 Å². The van der Waals surface area contributed by atoms with Gasteiger partial charge in [-0.25, -0.2) is 4.79 Å². The fraction of sp³-hybridized carbons (Fsp3) is 0.458. The van der Waals surface area contributed by atoms with Crippen molar-refractivity contribution >= 4 is 53.1 Å². The van der Waals surface area contributed by atoms with Gasteiger partial charge in [0.15, 0.2) is 0 Å². The summed E-state index contributed by atoms with van der Waals surface area (Å²) in [6.07, 6.45) is 2.28. The van der Waals surface area contributed by atoms with Crippen LogP contribution in [0.25, 0.3) is 10.9 Å². The number of hydrogen-bond donors (Lipinski definition) is 7. The normalized spacial score (nSPS) is 17.7. The predicted molar refractivity (Wildman–Crippen MR) is 138 cm³/mol. The van der Waals surface area contributed by atoms with E-state index in [1.807, 2.05) is 24.3 Å². The third kappa shape index (κ3) is 7.01. The molecular formula is C24H32N6O6S. The van der Waals surface area contributed by atoms with E-state index < -0.39 is 53.8 Å². The smallest absolute Gasteiger partial charge is 0.326 e. The molecule has 12 nitrogen and oxygen atoms in total. The van der Waals surface area contributed by atoms with E-state index in [1.54, 1.807) is 6.20 Å². The second-order valence-electron chi connectivity index (χ2n) is 9.01. The van der Waals surface area contributed by atoms with Gasteiger partial charge in [-0.05, 0) is 30.9 Å². The first-order valence-corrected chi connectivity index (χ1v) is 12.6. The van der Waals surface area contributed by atoms with E-state index in [2.05, 4.69) is 28.2 Å². The number of carboxylic acid groups (broad SMARTS) is 1. The van der Waals surface area contributed by atoms with Gasteiger partial charge in [0.1, 0.15) is 18.1 Å². The maximum atomic E-state index is 13.1. The van der Waals surface area contributed by atoms with Crippen LogP contribution >= 0.6 is 12.6 Å². The minimum atomic E-state index is -1.29. The van der Waals surface area contributed by atoms with Crippen LogP contribution in [-0.2, 0) is 30.4 Å². The zero-order valence-electron chi connectivity index (χ0n) is 20.2. The van der Waals surface area contributed by atoms with E-state index in [9.17, 15) is 29.1 Å². The fourth-order valence-corrected chi connectivity index (χ4v) is 4.57. The fourth-order valence-electron chi connectivity index (χ4n) is 4.41. The van der Waals surface area contributed by atoms with Gasteiger partial charge >= 0.3 is 5.97 Å². The summed E-state index contributed by atoms with van der Waals surface area (Å²) in [6, 6.07) is 3.11. The van der Waals surface area contributed by atoms with Crippen LogP contribution in [-0.4, -0.2) is 81.1 Å². The average molecular weight is 533 g/mol. The number of rotatable bonds is 12. The van der Waals surface area contributed by atoms with Crippen molar-refractivity contribution < 1.29 is 29.1 Å². The van der Waals surface area contributed by atoms with Crippen molar-refractivity contribution in [2.75, 3.05) is 12.3 Å². The number of benzene rings is 1. The number of carboxylic acids is 1. The van der Waals surface area contributed by atoms with Crippen LogP contribution in [0.15, 0.2) is 30.5 Å². The average Bonchev–Trinajstić information content (AvgIpc) is 3.52. The number of hydrogen-bond acceptors (Lipinski definition) is 7. The molecule has 0 saturated carbocycles. The highest BCUT2D eigenvalue weighted by Crippen LogP contribution is 2.20. The number of primary amides is 1. The van der Waals surface area contributed by atoms with E-state index in [0.29, 0.717) is 24.9 Å². The number of aromatic amines is 1. The van der Waals surface area contributed by atoms with Gasteiger partial charge in [-0.3, -0.25) is 19.2 Å². The maximum absolute atomic E-state index is 13.1. The summed E-state index contributed by atoms with van der Waals surface area (Å²) in [5.74, 6) is -3.61. The molecule has 1 aromatic heterocycles.